The van der Waals surface area contributed by atoms with Gasteiger partial charge >= 0.3 is 0 Å². The number of aromatic nitrogens is 2. The van der Waals surface area contributed by atoms with Crippen LogP contribution in [0.25, 0.3) is 0 Å². The number of nitrogens with one attached hydrogen (secondary N) is 2. The summed E-state index contributed by atoms with van der Waals surface area (Å²) in [7, 11) is -2.17. The average Bonchev–Trinajstić information content (AvgIpc) is 2.73. The number of anilines is 2. The molecule has 19 heavy (non-hydrogen) atoms. The SMILES string of the molecule is CNc1ncc(S(=O)(=O)Nc2cc(C)no2)cc1Cl. The smallest absolute Gasteiger partial charge is 0.265 e. The van der Waals surface area contributed by atoms with Gasteiger partial charge < -0.3 is 9.84 Å². The Bertz CT molecular complexity index is 699. The van der Waals surface area contributed by atoms with Gasteiger partial charge in [0.1, 0.15) is 10.7 Å². The normalized spacial score (nSPS) is 11.3. The molecule has 0 aliphatic carbocycles. The van der Waals surface area contributed by atoms with Crippen molar-refractivity contribution >= 4 is 33.3 Å². The molecule has 2 aromatic rings. The van der Waals surface area contributed by atoms with E-state index in [2.05, 4.69) is 20.2 Å². The molecule has 0 fully saturated rings. The molecule has 0 unspecified atom stereocenters. The molecule has 0 spiro atoms. The molecule has 0 amide bonds. The van der Waals surface area contributed by atoms with Crippen molar-refractivity contribution in [2.45, 2.75) is 11.8 Å². The van der Waals surface area contributed by atoms with Gasteiger partial charge in [0.25, 0.3) is 10.0 Å². The van der Waals surface area contributed by atoms with E-state index in [0.29, 0.717) is 11.5 Å². The summed E-state index contributed by atoms with van der Waals surface area (Å²) in [5, 5.41) is 6.53. The first-order valence-corrected chi connectivity index (χ1v) is 7.08. The van der Waals surface area contributed by atoms with Gasteiger partial charge in [-0.05, 0) is 13.0 Å². The first kappa shape index (κ1) is 13.6. The summed E-state index contributed by atoms with van der Waals surface area (Å²) in [6.07, 6.45) is 1.20. The summed E-state index contributed by atoms with van der Waals surface area (Å²) in [5.74, 6) is 0.433. The van der Waals surface area contributed by atoms with Crippen molar-refractivity contribution in [3.63, 3.8) is 0 Å². The number of pyridine rings is 1. The van der Waals surface area contributed by atoms with Crippen LogP contribution in [0.15, 0.2) is 27.7 Å². The highest BCUT2D eigenvalue weighted by molar-refractivity contribution is 7.92. The number of halogens is 1. The number of hydrogen-bond acceptors (Lipinski definition) is 6. The van der Waals surface area contributed by atoms with E-state index in [1.54, 1.807) is 14.0 Å². The Hall–Kier alpha value is -1.80. The van der Waals surface area contributed by atoms with Gasteiger partial charge in [0.2, 0.25) is 5.88 Å². The molecule has 7 nitrogen and oxygen atoms in total. The van der Waals surface area contributed by atoms with Gasteiger partial charge in [-0.3, -0.25) is 0 Å². The highest BCUT2D eigenvalue weighted by atomic mass is 35.5. The van der Waals surface area contributed by atoms with Crippen LogP contribution in [0.2, 0.25) is 5.02 Å². The van der Waals surface area contributed by atoms with Gasteiger partial charge in [0.05, 0.1) is 10.7 Å². The van der Waals surface area contributed by atoms with Crippen molar-refractivity contribution in [3.05, 3.63) is 29.0 Å². The maximum Gasteiger partial charge on any atom is 0.265 e. The second-order valence-electron chi connectivity index (χ2n) is 3.69. The zero-order valence-electron chi connectivity index (χ0n) is 10.1. The molecule has 9 heteroatoms. The summed E-state index contributed by atoms with van der Waals surface area (Å²) in [5.41, 5.74) is 0.569. The van der Waals surface area contributed by atoms with Crippen molar-refractivity contribution in [1.29, 1.82) is 0 Å². The zero-order chi connectivity index (χ0) is 14.0. The minimum absolute atomic E-state index is 0.0336. The molecular weight excluding hydrogens is 292 g/mol. The van der Waals surface area contributed by atoms with Crippen LogP contribution >= 0.6 is 11.6 Å². The number of aryl methyl sites for hydroxylation is 1. The van der Waals surface area contributed by atoms with Gasteiger partial charge in [-0.25, -0.2) is 18.1 Å². The average molecular weight is 303 g/mol. The van der Waals surface area contributed by atoms with E-state index >= 15 is 0 Å². The van der Waals surface area contributed by atoms with Crippen LogP contribution in [0, 0.1) is 6.92 Å². The molecule has 0 bridgehead atoms. The molecule has 0 atom stereocenters. The van der Waals surface area contributed by atoms with Crippen LogP contribution in [0.3, 0.4) is 0 Å². The lowest BCUT2D eigenvalue weighted by atomic mass is 10.4. The predicted octanol–water partition coefficient (Wildman–Crippen LogP) is 1.87. The molecule has 2 aromatic heterocycles. The van der Waals surface area contributed by atoms with E-state index in [0.717, 1.165) is 0 Å². The Labute approximate surface area is 115 Å². The Morgan fingerprint density at radius 3 is 2.63 bits per heavy atom. The summed E-state index contributed by atoms with van der Waals surface area (Å²) in [6.45, 7) is 1.68. The second-order valence-corrected chi connectivity index (χ2v) is 5.78. The minimum atomic E-state index is -3.81. The largest absolute Gasteiger partial charge is 0.372 e. The summed E-state index contributed by atoms with van der Waals surface area (Å²) in [6, 6.07) is 2.76. The lowest BCUT2D eigenvalue weighted by Crippen LogP contribution is -2.13. The van der Waals surface area contributed by atoms with Crippen LogP contribution in [0.1, 0.15) is 5.69 Å². The van der Waals surface area contributed by atoms with Crippen LogP contribution in [0.5, 0.6) is 0 Å². The molecule has 2 heterocycles. The molecule has 0 saturated heterocycles. The predicted molar refractivity (Wildman–Crippen MR) is 70.8 cm³/mol. The second kappa shape index (κ2) is 5.06. The minimum Gasteiger partial charge on any atom is -0.372 e. The van der Waals surface area contributed by atoms with E-state index in [1.165, 1.54) is 18.3 Å². The lowest BCUT2D eigenvalue weighted by Gasteiger charge is -2.07. The topological polar surface area (TPSA) is 97.1 Å². The molecule has 0 aromatic carbocycles. The van der Waals surface area contributed by atoms with Gasteiger partial charge in [0.15, 0.2) is 0 Å². The van der Waals surface area contributed by atoms with Crippen molar-refractivity contribution in [2.75, 3.05) is 17.1 Å². The summed E-state index contributed by atoms with van der Waals surface area (Å²) < 4.78 is 31.1. The maximum atomic E-state index is 12.0. The molecule has 102 valence electrons. The van der Waals surface area contributed by atoms with Crippen molar-refractivity contribution < 1.29 is 12.9 Å². The number of sulfonamides is 1. The number of hydrogen-bond donors (Lipinski definition) is 2. The van der Waals surface area contributed by atoms with Crippen molar-refractivity contribution in [2.24, 2.45) is 0 Å². The van der Waals surface area contributed by atoms with E-state index in [1.807, 2.05) is 0 Å². The molecule has 0 aliphatic heterocycles. The fraction of sp³-hybridized carbons (Fsp3) is 0.200. The summed E-state index contributed by atoms with van der Waals surface area (Å²) in [4.78, 5) is 3.84. The Balaban J connectivity index is 2.31. The van der Waals surface area contributed by atoms with Crippen LogP contribution < -0.4 is 10.0 Å². The fourth-order valence-electron chi connectivity index (χ4n) is 1.35. The van der Waals surface area contributed by atoms with Crippen LogP contribution in [-0.4, -0.2) is 25.6 Å². The maximum absolute atomic E-state index is 12.0. The van der Waals surface area contributed by atoms with E-state index < -0.39 is 10.0 Å². The third-order valence-corrected chi connectivity index (χ3v) is 3.83. The molecule has 0 aliphatic rings. The molecule has 0 radical (unpaired) electrons. The Kier molecular flexibility index (Phi) is 3.63. The van der Waals surface area contributed by atoms with Crippen molar-refractivity contribution in [1.82, 2.24) is 10.1 Å². The molecule has 0 saturated carbocycles. The first-order chi connectivity index (χ1) is 8.92. The van der Waals surface area contributed by atoms with Gasteiger partial charge in [-0.15, -0.1) is 0 Å². The van der Waals surface area contributed by atoms with Crippen molar-refractivity contribution in [3.8, 4) is 0 Å². The Morgan fingerprint density at radius 2 is 2.11 bits per heavy atom. The third-order valence-electron chi connectivity index (χ3n) is 2.23. The monoisotopic (exact) mass is 302 g/mol. The Morgan fingerprint density at radius 1 is 1.37 bits per heavy atom. The highest BCUT2D eigenvalue weighted by Crippen LogP contribution is 2.23. The highest BCUT2D eigenvalue weighted by Gasteiger charge is 2.18. The lowest BCUT2D eigenvalue weighted by molar-refractivity contribution is 0.430. The van der Waals surface area contributed by atoms with Crippen LogP contribution in [0.4, 0.5) is 11.7 Å². The van der Waals surface area contributed by atoms with E-state index in [-0.39, 0.29) is 15.8 Å². The van der Waals surface area contributed by atoms with E-state index in [9.17, 15) is 8.42 Å². The fourth-order valence-corrected chi connectivity index (χ4v) is 2.62. The van der Waals surface area contributed by atoms with E-state index in [4.69, 9.17) is 16.1 Å². The molecular formula is C10H11ClN4O3S. The first-order valence-electron chi connectivity index (χ1n) is 5.22. The molecule has 2 rings (SSSR count). The standard InChI is InChI=1S/C10H11ClN4O3S/c1-6-3-9(18-14-6)15-19(16,17)7-4-8(11)10(12-2)13-5-7/h3-5,15H,1-2H3,(H,12,13). The number of rotatable bonds is 4. The van der Waals surface area contributed by atoms with Gasteiger partial charge in [0, 0.05) is 19.3 Å². The molecule has 2 N–H and O–H groups in total. The van der Waals surface area contributed by atoms with Gasteiger partial charge in [-0.1, -0.05) is 16.8 Å². The summed E-state index contributed by atoms with van der Waals surface area (Å²) >= 11 is 5.89. The van der Waals surface area contributed by atoms with Gasteiger partial charge in [-0.2, -0.15) is 0 Å². The number of nitrogens with zero attached hydrogens (tertiary/aromatic N) is 2. The third kappa shape index (κ3) is 2.96. The zero-order valence-corrected chi connectivity index (χ0v) is 11.7. The van der Waals surface area contributed by atoms with Crippen LogP contribution in [-0.2, 0) is 10.0 Å². The quantitative estimate of drug-likeness (QED) is 0.895.